The second-order valence-corrected chi connectivity index (χ2v) is 6.70. The van der Waals surface area contributed by atoms with Crippen LogP contribution in [-0.2, 0) is 4.79 Å². The van der Waals surface area contributed by atoms with Gasteiger partial charge in [0.25, 0.3) is 11.7 Å². The van der Waals surface area contributed by atoms with E-state index in [0.29, 0.717) is 33.6 Å². The van der Waals surface area contributed by atoms with Gasteiger partial charge in [-0.2, -0.15) is 8.78 Å². The molecular formula is C18H16F2N2O2S. The van der Waals surface area contributed by atoms with Gasteiger partial charge in [0.1, 0.15) is 0 Å². The Labute approximate surface area is 148 Å². The predicted octanol–water partition coefficient (Wildman–Crippen LogP) is 4.60. The summed E-state index contributed by atoms with van der Waals surface area (Å²) in [4.78, 5) is 24.3. The van der Waals surface area contributed by atoms with Crippen LogP contribution in [0, 0.1) is 5.92 Å². The quantitative estimate of drug-likeness (QED) is 0.738. The van der Waals surface area contributed by atoms with Gasteiger partial charge in [-0.1, -0.05) is 23.9 Å². The number of carbonyl (C=O) groups excluding carboxylic acids is 2. The zero-order valence-electron chi connectivity index (χ0n) is 13.2. The lowest BCUT2D eigenvalue weighted by atomic mass is 10.2. The lowest BCUT2D eigenvalue weighted by Gasteiger charge is -2.11. The molecule has 0 saturated heterocycles. The summed E-state index contributed by atoms with van der Waals surface area (Å²) in [5.41, 5.74) is 1.34. The molecule has 2 aromatic rings. The molecule has 1 aliphatic rings. The van der Waals surface area contributed by atoms with Crippen molar-refractivity contribution >= 4 is 35.0 Å². The number of hydrogen-bond donors (Lipinski definition) is 2. The summed E-state index contributed by atoms with van der Waals surface area (Å²) in [6.07, 6.45) is 1.84. The second-order valence-electron chi connectivity index (χ2n) is 5.67. The Morgan fingerprint density at radius 1 is 1.00 bits per heavy atom. The molecular weight excluding hydrogens is 346 g/mol. The van der Waals surface area contributed by atoms with Gasteiger partial charge >= 0.3 is 0 Å². The van der Waals surface area contributed by atoms with Gasteiger partial charge in [-0.25, -0.2) is 0 Å². The summed E-state index contributed by atoms with van der Waals surface area (Å²) in [5.74, 6) is -2.86. The van der Waals surface area contributed by atoms with E-state index in [0.717, 1.165) is 12.8 Å². The molecule has 1 saturated carbocycles. The molecule has 0 atom stereocenters. The van der Waals surface area contributed by atoms with Gasteiger partial charge in [0, 0.05) is 22.1 Å². The molecule has 2 aromatic carbocycles. The number of carbonyl (C=O) groups is 2. The summed E-state index contributed by atoms with van der Waals surface area (Å²) < 4.78 is 25.2. The Morgan fingerprint density at radius 2 is 1.68 bits per heavy atom. The van der Waals surface area contributed by atoms with Crippen LogP contribution in [0.2, 0.25) is 0 Å². The van der Waals surface area contributed by atoms with E-state index in [1.54, 1.807) is 42.5 Å². The highest BCUT2D eigenvalue weighted by atomic mass is 32.2. The number of hydrogen-bond acceptors (Lipinski definition) is 3. The number of alkyl halides is 2. The van der Waals surface area contributed by atoms with Crippen LogP contribution >= 0.6 is 11.8 Å². The number of rotatable bonds is 6. The molecule has 0 unspecified atom stereocenters. The second kappa shape index (κ2) is 7.65. The molecule has 0 aromatic heterocycles. The Bertz CT molecular complexity index is 777. The predicted molar refractivity (Wildman–Crippen MR) is 94.1 cm³/mol. The SMILES string of the molecule is O=C(Nc1ccccc1SC(F)F)c1ccc(NC(=O)C2CC2)cc1. The number of amides is 2. The van der Waals surface area contributed by atoms with Crippen molar-refractivity contribution in [3.05, 3.63) is 54.1 Å². The summed E-state index contributed by atoms with van der Waals surface area (Å²) in [7, 11) is 0. The highest BCUT2D eigenvalue weighted by Gasteiger charge is 2.29. The minimum absolute atomic E-state index is 0.00449. The monoisotopic (exact) mass is 362 g/mol. The fourth-order valence-electron chi connectivity index (χ4n) is 2.26. The normalized spacial score (nSPS) is 13.6. The van der Waals surface area contributed by atoms with Crippen molar-refractivity contribution in [2.75, 3.05) is 10.6 Å². The van der Waals surface area contributed by atoms with Crippen LogP contribution in [0.1, 0.15) is 23.2 Å². The molecule has 0 bridgehead atoms. The van der Waals surface area contributed by atoms with E-state index in [2.05, 4.69) is 10.6 Å². The van der Waals surface area contributed by atoms with Crippen LogP contribution in [0.3, 0.4) is 0 Å². The van der Waals surface area contributed by atoms with Gasteiger partial charge in [0.2, 0.25) is 5.91 Å². The van der Waals surface area contributed by atoms with Crippen molar-refractivity contribution < 1.29 is 18.4 Å². The van der Waals surface area contributed by atoms with Crippen LogP contribution in [-0.4, -0.2) is 17.6 Å². The van der Waals surface area contributed by atoms with Crippen molar-refractivity contribution in [3.63, 3.8) is 0 Å². The van der Waals surface area contributed by atoms with Gasteiger partial charge in [0.05, 0.1) is 5.69 Å². The summed E-state index contributed by atoms with van der Waals surface area (Å²) in [6, 6.07) is 12.9. The summed E-state index contributed by atoms with van der Waals surface area (Å²) in [5, 5.41) is 5.43. The van der Waals surface area contributed by atoms with Crippen molar-refractivity contribution in [2.24, 2.45) is 5.92 Å². The molecule has 2 N–H and O–H groups in total. The maximum atomic E-state index is 12.6. The van der Waals surface area contributed by atoms with E-state index >= 15 is 0 Å². The third kappa shape index (κ3) is 4.79. The van der Waals surface area contributed by atoms with Gasteiger partial charge in [-0.05, 0) is 49.2 Å². The first-order chi connectivity index (χ1) is 12.0. The molecule has 25 heavy (non-hydrogen) atoms. The number of thioether (sulfide) groups is 1. The first-order valence-electron chi connectivity index (χ1n) is 7.79. The molecule has 4 nitrogen and oxygen atoms in total. The first-order valence-corrected chi connectivity index (χ1v) is 8.67. The third-order valence-corrected chi connectivity index (χ3v) is 4.50. The number of anilines is 2. The Morgan fingerprint density at radius 3 is 2.32 bits per heavy atom. The topological polar surface area (TPSA) is 58.2 Å². The average Bonchev–Trinajstić information content (AvgIpc) is 3.42. The van der Waals surface area contributed by atoms with E-state index in [9.17, 15) is 18.4 Å². The molecule has 0 radical (unpaired) electrons. The number of para-hydroxylation sites is 1. The van der Waals surface area contributed by atoms with Gasteiger partial charge in [-0.15, -0.1) is 0 Å². The van der Waals surface area contributed by atoms with Crippen LogP contribution in [0.15, 0.2) is 53.4 Å². The Kier molecular flexibility index (Phi) is 5.33. The molecule has 0 aliphatic heterocycles. The molecule has 130 valence electrons. The minimum atomic E-state index is -2.56. The zero-order chi connectivity index (χ0) is 17.8. The fourth-order valence-corrected chi connectivity index (χ4v) is 2.85. The van der Waals surface area contributed by atoms with Gasteiger partial charge in [0.15, 0.2) is 0 Å². The highest BCUT2D eigenvalue weighted by molar-refractivity contribution is 7.99. The number of nitrogens with one attached hydrogen (secondary N) is 2. The van der Waals surface area contributed by atoms with Crippen LogP contribution < -0.4 is 10.6 Å². The van der Waals surface area contributed by atoms with Crippen LogP contribution in [0.25, 0.3) is 0 Å². The Balaban J connectivity index is 1.66. The molecule has 0 heterocycles. The third-order valence-electron chi connectivity index (χ3n) is 3.71. The largest absolute Gasteiger partial charge is 0.326 e. The van der Waals surface area contributed by atoms with E-state index in [4.69, 9.17) is 0 Å². The van der Waals surface area contributed by atoms with Crippen molar-refractivity contribution in [1.82, 2.24) is 0 Å². The lowest BCUT2D eigenvalue weighted by Crippen LogP contribution is -2.14. The van der Waals surface area contributed by atoms with E-state index in [1.165, 1.54) is 6.07 Å². The maximum Gasteiger partial charge on any atom is 0.288 e. The van der Waals surface area contributed by atoms with Crippen molar-refractivity contribution in [3.8, 4) is 0 Å². The molecule has 1 fully saturated rings. The number of halogens is 2. The summed E-state index contributed by atoms with van der Waals surface area (Å²) >= 11 is 0.385. The Hall–Kier alpha value is -2.41. The van der Waals surface area contributed by atoms with E-state index < -0.39 is 11.7 Å². The fraction of sp³-hybridized carbons (Fsp3) is 0.222. The van der Waals surface area contributed by atoms with Crippen LogP contribution in [0.4, 0.5) is 20.2 Å². The first kappa shape index (κ1) is 17.4. The standard InChI is InChI=1S/C18H16F2N2O2S/c19-18(20)25-15-4-2-1-3-14(15)22-17(24)12-7-9-13(10-8-12)21-16(23)11-5-6-11/h1-4,7-11,18H,5-6H2,(H,21,23)(H,22,24). The zero-order valence-corrected chi connectivity index (χ0v) is 14.0. The minimum Gasteiger partial charge on any atom is -0.326 e. The molecule has 3 rings (SSSR count). The van der Waals surface area contributed by atoms with Crippen molar-refractivity contribution in [2.45, 2.75) is 23.5 Å². The number of benzene rings is 2. The average molecular weight is 362 g/mol. The molecule has 0 spiro atoms. The highest BCUT2D eigenvalue weighted by Crippen LogP contribution is 2.32. The van der Waals surface area contributed by atoms with Gasteiger partial charge in [-0.3, -0.25) is 9.59 Å². The smallest absolute Gasteiger partial charge is 0.288 e. The molecule has 7 heteroatoms. The summed E-state index contributed by atoms with van der Waals surface area (Å²) in [6.45, 7) is 0. The van der Waals surface area contributed by atoms with E-state index in [1.807, 2.05) is 0 Å². The molecule has 2 amide bonds. The van der Waals surface area contributed by atoms with Crippen molar-refractivity contribution in [1.29, 1.82) is 0 Å². The van der Waals surface area contributed by atoms with E-state index in [-0.39, 0.29) is 11.8 Å². The molecule has 1 aliphatic carbocycles. The lowest BCUT2D eigenvalue weighted by molar-refractivity contribution is -0.117. The maximum absolute atomic E-state index is 12.6. The van der Waals surface area contributed by atoms with Gasteiger partial charge < -0.3 is 10.6 Å². The van der Waals surface area contributed by atoms with Crippen LogP contribution in [0.5, 0.6) is 0 Å².